The molecule has 3 rings (SSSR count). The Hall–Kier alpha value is -2.96. The first-order valence-corrected chi connectivity index (χ1v) is 12.4. The molecule has 0 aliphatic heterocycles. The van der Waals surface area contributed by atoms with E-state index in [1.165, 1.54) is 22.8 Å². The van der Waals surface area contributed by atoms with Gasteiger partial charge < -0.3 is 5.11 Å². The number of aromatic carboxylic acids is 1. The molecule has 3 aromatic rings. The maximum absolute atomic E-state index is 10.9. The van der Waals surface area contributed by atoms with E-state index in [9.17, 15) is 13.2 Å². The maximum Gasteiger partial charge on any atom is 0.335 e. The molecule has 0 aliphatic carbocycles. The topological polar surface area (TPSA) is 91.7 Å². The molecule has 200 valence electrons. The van der Waals surface area contributed by atoms with Crippen molar-refractivity contribution in [3.05, 3.63) is 98.1 Å². The molecule has 0 saturated carbocycles. The second-order valence-electron chi connectivity index (χ2n) is 8.82. The second-order valence-corrected chi connectivity index (χ2v) is 10.2. The lowest BCUT2D eigenvalue weighted by molar-refractivity contribution is 0.0696. The third kappa shape index (κ3) is 10.3. The van der Waals surface area contributed by atoms with Crippen molar-refractivity contribution < 1.29 is 22.9 Å². The molecule has 5 nitrogen and oxygen atoms in total. The molecule has 0 atom stereocenters. The Morgan fingerprint density at radius 2 is 1.00 bits per heavy atom. The summed E-state index contributed by atoms with van der Waals surface area (Å²) in [7, 11) is -4.07. The molecule has 3 aromatic carbocycles. The van der Waals surface area contributed by atoms with E-state index in [0.29, 0.717) is 11.1 Å². The number of rotatable bonds is 2. The normalized spacial score (nSPS) is 9.94. The molecule has 0 fully saturated rings. The number of benzene rings is 3. The van der Waals surface area contributed by atoms with E-state index in [1.54, 1.807) is 19.1 Å². The zero-order chi connectivity index (χ0) is 26.4. The average molecular weight is 517 g/mol. The first kappa shape index (κ1) is 35.2. The number of hydrogen-bond acceptors (Lipinski definition) is 3. The largest absolute Gasteiger partial charge is 0.478 e. The van der Waals surface area contributed by atoms with Crippen LogP contribution in [0.4, 0.5) is 0 Å². The molecule has 0 spiro atoms. The summed E-state index contributed by atoms with van der Waals surface area (Å²) in [5.74, 6) is -0.851. The first-order chi connectivity index (χ1) is 15.5. The lowest BCUT2D eigenvalue weighted by Crippen LogP contribution is -2.02. The number of aryl methyl sites for hydroxylation is 9. The zero-order valence-electron chi connectivity index (χ0n) is 21.6. The summed E-state index contributed by atoms with van der Waals surface area (Å²) >= 11 is 0. The molecule has 0 saturated heterocycles. The van der Waals surface area contributed by atoms with Gasteiger partial charge >= 0.3 is 5.97 Å². The summed E-state index contributed by atoms with van der Waals surface area (Å²) in [4.78, 5) is 10.7. The van der Waals surface area contributed by atoms with E-state index < -0.39 is 16.1 Å². The smallest absolute Gasteiger partial charge is 0.335 e. The van der Waals surface area contributed by atoms with Gasteiger partial charge in [0.25, 0.3) is 10.1 Å². The minimum atomic E-state index is -4.07. The van der Waals surface area contributed by atoms with Crippen LogP contribution in [-0.4, -0.2) is 24.0 Å². The molecule has 36 heavy (non-hydrogen) atoms. The van der Waals surface area contributed by atoms with Crippen molar-refractivity contribution in [3.63, 3.8) is 0 Å². The highest BCUT2D eigenvalue weighted by atomic mass is 32.2. The summed E-state index contributed by atoms with van der Waals surface area (Å²) in [5, 5.41) is 8.78. The Bertz CT molecular complexity index is 1290. The summed E-state index contributed by atoms with van der Waals surface area (Å²) in [6, 6.07) is 13.4. The minimum Gasteiger partial charge on any atom is -0.478 e. The van der Waals surface area contributed by atoms with E-state index in [-0.39, 0.29) is 19.7 Å². The van der Waals surface area contributed by atoms with Crippen LogP contribution in [0.2, 0.25) is 0 Å². The van der Waals surface area contributed by atoms with Crippen LogP contribution in [0.1, 0.15) is 75.3 Å². The van der Waals surface area contributed by atoms with Gasteiger partial charge in [-0.25, -0.2) is 4.79 Å². The Balaban J connectivity index is 0. The molecule has 0 unspecified atom stereocenters. The highest BCUT2D eigenvalue weighted by molar-refractivity contribution is 7.85. The fraction of sp³-hybridized carbons (Fsp3) is 0.367. The van der Waals surface area contributed by atoms with Crippen LogP contribution in [0.5, 0.6) is 0 Å². The van der Waals surface area contributed by atoms with Crippen LogP contribution >= 0.6 is 0 Å². The molecule has 0 aliphatic rings. The number of carboxylic acids is 1. The van der Waals surface area contributed by atoms with Gasteiger partial charge in [-0.15, -0.1) is 0 Å². The fourth-order valence-electron chi connectivity index (χ4n) is 3.29. The van der Waals surface area contributed by atoms with Crippen molar-refractivity contribution >= 4 is 16.1 Å². The van der Waals surface area contributed by atoms with Gasteiger partial charge in [0, 0.05) is 0 Å². The monoisotopic (exact) mass is 516 g/mol. The quantitative estimate of drug-likeness (QED) is 0.336. The summed E-state index contributed by atoms with van der Waals surface area (Å²) in [5.41, 5.74) is 9.95. The standard InChI is InChI=1S/C10H12O2.C9H12O3S.C9H12.2CH4/c1-6-4-8(3)9(10(11)12)5-7(6)2;1-6-4-8(3)9(5-7(6)2)13(10,11)12;1-7-4-5-8(2)9(3)6-7;;/h4-5H,1-3H3,(H,11,12);4-5H,1-3H3,(H,10,11,12);4-6H,1-3H3;2*1H4. The van der Waals surface area contributed by atoms with E-state index >= 15 is 0 Å². The molecule has 0 amide bonds. The van der Waals surface area contributed by atoms with Crippen LogP contribution in [0, 0.1) is 62.3 Å². The van der Waals surface area contributed by atoms with Gasteiger partial charge in [0.1, 0.15) is 0 Å². The molecule has 0 heterocycles. The molecular weight excluding hydrogens is 472 g/mol. The average Bonchev–Trinajstić information content (AvgIpc) is 2.70. The minimum absolute atomic E-state index is 0. The first-order valence-electron chi connectivity index (χ1n) is 10.9. The van der Waals surface area contributed by atoms with Crippen LogP contribution < -0.4 is 0 Å². The van der Waals surface area contributed by atoms with Gasteiger partial charge in [0.15, 0.2) is 0 Å². The molecule has 2 N–H and O–H groups in total. The summed E-state index contributed by atoms with van der Waals surface area (Å²) < 4.78 is 30.6. The Morgan fingerprint density at radius 3 is 1.42 bits per heavy atom. The van der Waals surface area contributed by atoms with Crippen molar-refractivity contribution in [2.45, 2.75) is 82.1 Å². The van der Waals surface area contributed by atoms with E-state index in [1.807, 2.05) is 40.7 Å². The van der Waals surface area contributed by atoms with E-state index in [2.05, 4.69) is 39.0 Å². The molecule has 6 heteroatoms. The number of hydrogen-bond donors (Lipinski definition) is 2. The Kier molecular flexibility index (Phi) is 14.2. The summed E-state index contributed by atoms with van der Waals surface area (Å²) in [6.07, 6.45) is 0. The van der Waals surface area contributed by atoms with Gasteiger partial charge in [-0.1, -0.05) is 50.7 Å². The van der Waals surface area contributed by atoms with E-state index in [4.69, 9.17) is 9.66 Å². The fourth-order valence-corrected chi connectivity index (χ4v) is 4.09. The predicted molar refractivity (Wildman–Crippen MR) is 152 cm³/mol. The third-order valence-corrected chi connectivity index (χ3v) is 6.80. The molecule has 0 bridgehead atoms. The van der Waals surface area contributed by atoms with Gasteiger partial charge in [0.05, 0.1) is 10.5 Å². The van der Waals surface area contributed by atoms with Gasteiger partial charge in [-0.2, -0.15) is 8.42 Å². The number of carbonyl (C=O) groups is 1. The SMILES string of the molecule is C.C.Cc1cc(C)c(C(=O)O)cc1C.Cc1cc(C)c(S(=O)(=O)O)cc1C.Cc1ccc(C)c(C)c1. The highest BCUT2D eigenvalue weighted by Crippen LogP contribution is 2.19. The van der Waals surface area contributed by atoms with Crippen LogP contribution in [-0.2, 0) is 10.1 Å². The lowest BCUT2D eigenvalue weighted by atomic mass is 10.0. The van der Waals surface area contributed by atoms with Gasteiger partial charge in [0.2, 0.25) is 0 Å². The Morgan fingerprint density at radius 1 is 0.583 bits per heavy atom. The van der Waals surface area contributed by atoms with Crippen molar-refractivity contribution in [3.8, 4) is 0 Å². The Labute approximate surface area is 219 Å². The summed E-state index contributed by atoms with van der Waals surface area (Å²) in [6.45, 7) is 17.5. The van der Waals surface area contributed by atoms with Crippen molar-refractivity contribution in [1.82, 2.24) is 0 Å². The maximum atomic E-state index is 10.9. The van der Waals surface area contributed by atoms with Crippen LogP contribution in [0.25, 0.3) is 0 Å². The van der Waals surface area contributed by atoms with Crippen LogP contribution in [0.3, 0.4) is 0 Å². The van der Waals surface area contributed by atoms with E-state index in [0.717, 1.165) is 27.8 Å². The highest BCUT2D eigenvalue weighted by Gasteiger charge is 2.13. The molecular formula is C30H44O5S. The molecule has 0 aromatic heterocycles. The number of carboxylic acid groups (broad SMARTS) is 1. The van der Waals surface area contributed by atoms with Crippen molar-refractivity contribution in [1.29, 1.82) is 0 Å². The van der Waals surface area contributed by atoms with Crippen molar-refractivity contribution in [2.75, 3.05) is 0 Å². The predicted octanol–water partition coefficient (Wildman–Crippen LogP) is 8.05. The van der Waals surface area contributed by atoms with Gasteiger partial charge in [-0.05, 0) is 119 Å². The van der Waals surface area contributed by atoms with Crippen LogP contribution in [0.15, 0.2) is 47.4 Å². The lowest BCUT2D eigenvalue weighted by Gasteiger charge is -2.06. The zero-order valence-corrected chi connectivity index (χ0v) is 22.4. The molecule has 0 radical (unpaired) electrons. The third-order valence-electron chi connectivity index (χ3n) is 5.80. The van der Waals surface area contributed by atoms with Gasteiger partial charge in [-0.3, -0.25) is 4.55 Å². The second kappa shape index (κ2) is 14.6. The van der Waals surface area contributed by atoms with Crippen molar-refractivity contribution in [2.24, 2.45) is 0 Å².